The van der Waals surface area contributed by atoms with Gasteiger partial charge in [0.1, 0.15) is 5.75 Å². The van der Waals surface area contributed by atoms with Crippen LogP contribution < -0.4 is 14.8 Å². The second kappa shape index (κ2) is 9.02. The van der Waals surface area contributed by atoms with Gasteiger partial charge in [0, 0.05) is 5.02 Å². The fraction of sp³-hybridized carbons (Fsp3) is 0.278. The molecule has 1 atom stereocenters. The summed E-state index contributed by atoms with van der Waals surface area (Å²) in [5.41, 5.74) is -1.67. The first-order valence-electron chi connectivity index (χ1n) is 8.37. The molecule has 0 aliphatic heterocycles. The third-order valence-corrected chi connectivity index (χ3v) is 5.51. The predicted octanol–water partition coefficient (Wildman–Crippen LogP) is 4.06. The van der Waals surface area contributed by atoms with Gasteiger partial charge in [0.2, 0.25) is 15.9 Å². The van der Waals surface area contributed by atoms with E-state index in [1.165, 1.54) is 37.3 Å². The molecule has 6 nitrogen and oxygen atoms in total. The molecule has 0 aromatic heterocycles. The molecule has 1 amide bonds. The third-order valence-electron chi connectivity index (χ3n) is 3.72. The maximum Gasteiger partial charge on any atom is 0.418 e. The van der Waals surface area contributed by atoms with Gasteiger partial charge in [0.05, 0.1) is 28.8 Å². The van der Waals surface area contributed by atoms with Crippen LogP contribution in [0.25, 0.3) is 0 Å². The van der Waals surface area contributed by atoms with Gasteiger partial charge in [-0.05, 0) is 56.3 Å². The van der Waals surface area contributed by atoms with Gasteiger partial charge in [0.15, 0.2) is 0 Å². The summed E-state index contributed by atoms with van der Waals surface area (Å²) in [5.74, 6) is -0.494. The standard InChI is InChI=1S/C18H18ClF3N2O4S/c1-3-28-13-5-7-14(8-6-13)29(26,27)24-11(2)17(25)23-16-9-4-12(19)10-15(16)18(20,21)22/h4-11,24H,3H2,1-2H3,(H,23,25)/t11-/m1/s1. The van der Waals surface area contributed by atoms with Gasteiger partial charge in [-0.3, -0.25) is 4.79 Å². The molecule has 29 heavy (non-hydrogen) atoms. The number of halogens is 4. The Kier molecular flexibility index (Phi) is 7.15. The van der Waals surface area contributed by atoms with E-state index in [-0.39, 0.29) is 9.92 Å². The number of rotatable bonds is 7. The van der Waals surface area contributed by atoms with Crippen LogP contribution in [-0.4, -0.2) is 27.0 Å². The summed E-state index contributed by atoms with van der Waals surface area (Å²) >= 11 is 5.59. The van der Waals surface area contributed by atoms with Crippen molar-refractivity contribution in [3.63, 3.8) is 0 Å². The second-order valence-corrected chi connectivity index (χ2v) is 8.07. The van der Waals surface area contributed by atoms with Crippen molar-refractivity contribution in [2.45, 2.75) is 31.0 Å². The zero-order valence-electron chi connectivity index (χ0n) is 15.4. The molecule has 158 valence electrons. The summed E-state index contributed by atoms with van der Waals surface area (Å²) in [4.78, 5) is 12.1. The van der Waals surface area contributed by atoms with E-state index >= 15 is 0 Å². The lowest BCUT2D eigenvalue weighted by molar-refractivity contribution is -0.137. The Balaban J connectivity index is 2.15. The van der Waals surface area contributed by atoms with Crippen LogP contribution >= 0.6 is 11.6 Å². The van der Waals surface area contributed by atoms with Crippen LogP contribution in [0.1, 0.15) is 19.4 Å². The Morgan fingerprint density at radius 1 is 1.17 bits per heavy atom. The number of ether oxygens (including phenoxy) is 1. The smallest absolute Gasteiger partial charge is 0.418 e. The molecule has 0 fully saturated rings. The minimum atomic E-state index is -4.75. The maximum atomic E-state index is 13.1. The van der Waals surface area contributed by atoms with Gasteiger partial charge in [0.25, 0.3) is 0 Å². The average molecular weight is 451 g/mol. The molecule has 2 aromatic rings. The molecule has 0 radical (unpaired) electrons. The summed E-state index contributed by atoms with van der Waals surface area (Å²) in [5, 5.41) is 1.93. The van der Waals surface area contributed by atoms with E-state index in [0.29, 0.717) is 18.4 Å². The molecule has 2 N–H and O–H groups in total. The Morgan fingerprint density at radius 2 is 1.79 bits per heavy atom. The minimum absolute atomic E-state index is 0.122. The van der Waals surface area contributed by atoms with E-state index in [1.807, 2.05) is 0 Å². The van der Waals surface area contributed by atoms with Crippen molar-refractivity contribution in [2.75, 3.05) is 11.9 Å². The molecule has 0 unspecified atom stereocenters. The molecular weight excluding hydrogens is 433 g/mol. The van der Waals surface area contributed by atoms with E-state index < -0.39 is 39.4 Å². The lowest BCUT2D eigenvalue weighted by Crippen LogP contribution is -2.41. The first kappa shape index (κ1) is 23.0. The van der Waals surface area contributed by atoms with Crippen LogP contribution in [0.4, 0.5) is 18.9 Å². The number of sulfonamides is 1. The van der Waals surface area contributed by atoms with Crippen molar-refractivity contribution in [3.05, 3.63) is 53.1 Å². The highest BCUT2D eigenvalue weighted by atomic mass is 35.5. The van der Waals surface area contributed by atoms with E-state index in [2.05, 4.69) is 10.0 Å². The first-order chi connectivity index (χ1) is 13.4. The summed E-state index contributed by atoms with van der Waals surface area (Å²) in [6, 6.07) is 6.99. The summed E-state index contributed by atoms with van der Waals surface area (Å²) in [6.45, 7) is 3.40. The Bertz CT molecular complexity index is 980. The molecule has 0 saturated heterocycles. The van der Waals surface area contributed by atoms with Crippen molar-refractivity contribution in [2.24, 2.45) is 0 Å². The van der Waals surface area contributed by atoms with Crippen LogP contribution in [0.5, 0.6) is 5.75 Å². The Hall–Kier alpha value is -2.30. The molecule has 0 saturated carbocycles. The minimum Gasteiger partial charge on any atom is -0.494 e. The second-order valence-electron chi connectivity index (χ2n) is 5.92. The Morgan fingerprint density at radius 3 is 2.34 bits per heavy atom. The number of nitrogens with one attached hydrogen (secondary N) is 2. The first-order valence-corrected chi connectivity index (χ1v) is 10.2. The van der Waals surface area contributed by atoms with Crippen LogP contribution in [0.2, 0.25) is 5.02 Å². The number of carbonyl (C=O) groups excluding carboxylic acids is 1. The zero-order chi connectivity index (χ0) is 21.8. The van der Waals surface area contributed by atoms with Crippen molar-refractivity contribution in [1.82, 2.24) is 4.72 Å². The van der Waals surface area contributed by atoms with E-state index in [9.17, 15) is 26.4 Å². The molecule has 0 aliphatic carbocycles. The Labute approximate surface area is 171 Å². The maximum absolute atomic E-state index is 13.1. The monoisotopic (exact) mass is 450 g/mol. The van der Waals surface area contributed by atoms with E-state index in [4.69, 9.17) is 16.3 Å². The highest BCUT2D eigenvalue weighted by Crippen LogP contribution is 2.36. The third kappa shape index (κ3) is 6.09. The number of anilines is 1. The largest absolute Gasteiger partial charge is 0.494 e. The number of benzene rings is 2. The van der Waals surface area contributed by atoms with Crippen molar-refractivity contribution in [3.8, 4) is 5.75 Å². The van der Waals surface area contributed by atoms with Crippen LogP contribution in [0.3, 0.4) is 0 Å². The SMILES string of the molecule is CCOc1ccc(S(=O)(=O)N[C@H](C)C(=O)Nc2ccc(Cl)cc2C(F)(F)F)cc1. The van der Waals surface area contributed by atoms with Crippen molar-refractivity contribution in [1.29, 1.82) is 0 Å². The van der Waals surface area contributed by atoms with Gasteiger partial charge in [-0.25, -0.2) is 8.42 Å². The van der Waals surface area contributed by atoms with Crippen molar-refractivity contribution >= 4 is 33.2 Å². The van der Waals surface area contributed by atoms with Gasteiger partial charge >= 0.3 is 6.18 Å². The fourth-order valence-electron chi connectivity index (χ4n) is 2.34. The number of carbonyl (C=O) groups is 1. The molecule has 0 heterocycles. The number of alkyl halides is 3. The predicted molar refractivity (Wildman–Crippen MR) is 102 cm³/mol. The lowest BCUT2D eigenvalue weighted by Gasteiger charge is -2.18. The summed E-state index contributed by atoms with van der Waals surface area (Å²) < 4.78 is 71.6. The number of hydrogen-bond donors (Lipinski definition) is 2. The fourth-order valence-corrected chi connectivity index (χ4v) is 3.71. The van der Waals surface area contributed by atoms with Crippen LogP contribution in [0.15, 0.2) is 47.4 Å². The van der Waals surface area contributed by atoms with E-state index in [0.717, 1.165) is 6.07 Å². The molecule has 0 spiro atoms. The molecule has 2 rings (SSSR count). The molecular formula is C18H18ClF3N2O4S. The molecule has 0 aliphatic rings. The van der Waals surface area contributed by atoms with Gasteiger partial charge < -0.3 is 10.1 Å². The van der Waals surface area contributed by atoms with E-state index in [1.54, 1.807) is 6.92 Å². The van der Waals surface area contributed by atoms with Crippen LogP contribution in [-0.2, 0) is 21.0 Å². The molecule has 0 bridgehead atoms. The molecule has 11 heteroatoms. The number of amides is 1. The van der Waals surface area contributed by atoms with Gasteiger partial charge in [-0.2, -0.15) is 17.9 Å². The lowest BCUT2D eigenvalue weighted by atomic mass is 10.1. The highest BCUT2D eigenvalue weighted by Gasteiger charge is 2.34. The average Bonchev–Trinajstić information content (AvgIpc) is 2.62. The summed E-state index contributed by atoms with van der Waals surface area (Å²) in [7, 11) is -4.08. The highest BCUT2D eigenvalue weighted by molar-refractivity contribution is 7.89. The quantitative estimate of drug-likeness (QED) is 0.666. The number of hydrogen-bond acceptors (Lipinski definition) is 4. The zero-order valence-corrected chi connectivity index (χ0v) is 17.0. The molecule has 2 aromatic carbocycles. The van der Waals surface area contributed by atoms with Gasteiger partial charge in [-0.1, -0.05) is 11.6 Å². The normalized spacial score (nSPS) is 13.0. The van der Waals surface area contributed by atoms with Crippen molar-refractivity contribution < 1.29 is 31.1 Å². The van der Waals surface area contributed by atoms with Gasteiger partial charge in [-0.15, -0.1) is 0 Å². The topological polar surface area (TPSA) is 84.5 Å². The summed E-state index contributed by atoms with van der Waals surface area (Å²) in [6.07, 6.45) is -4.75. The van der Waals surface area contributed by atoms with Crippen LogP contribution in [0, 0.1) is 0 Å².